The molecule has 3 aromatic rings. The molecular weight excluding hydrogens is 372 g/mol. The molecule has 0 spiro atoms. The molecular formula is C22H26N2O3S. The summed E-state index contributed by atoms with van der Waals surface area (Å²) in [6.45, 7) is 2.39. The third kappa shape index (κ3) is 4.52. The Bertz CT molecular complexity index is 872. The second-order valence-electron chi connectivity index (χ2n) is 7.18. The predicted octanol–water partition coefficient (Wildman–Crippen LogP) is 3.87. The summed E-state index contributed by atoms with van der Waals surface area (Å²) in [4.78, 5) is 7.21. The quantitative estimate of drug-likeness (QED) is 0.655. The molecule has 148 valence electrons. The number of likely N-dealkylation sites (tertiary alicyclic amines) is 1. The van der Waals surface area contributed by atoms with Crippen LogP contribution >= 0.6 is 11.3 Å². The van der Waals surface area contributed by atoms with Crippen molar-refractivity contribution in [3.8, 4) is 5.75 Å². The van der Waals surface area contributed by atoms with Crippen LogP contribution in [-0.4, -0.2) is 54.4 Å². The summed E-state index contributed by atoms with van der Waals surface area (Å²) in [7, 11) is 2.16. The van der Waals surface area contributed by atoms with E-state index >= 15 is 0 Å². The van der Waals surface area contributed by atoms with E-state index in [2.05, 4.69) is 24.1 Å². The van der Waals surface area contributed by atoms with Crippen molar-refractivity contribution in [2.24, 2.45) is 0 Å². The summed E-state index contributed by atoms with van der Waals surface area (Å²) in [6, 6.07) is 16.2. The molecule has 2 heterocycles. The van der Waals surface area contributed by atoms with Crippen molar-refractivity contribution in [2.45, 2.75) is 25.0 Å². The van der Waals surface area contributed by atoms with E-state index in [-0.39, 0.29) is 25.4 Å². The Morgan fingerprint density at radius 1 is 1.18 bits per heavy atom. The number of thiazole rings is 1. The maximum Gasteiger partial charge on any atom is 0.135 e. The summed E-state index contributed by atoms with van der Waals surface area (Å²) in [5.41, 5.74) is 2.04. The number of para-hydroxylation sites is 1. The van der Waals surface area contributed by atoms with Gasteiger partial charge in [0.05, 0.1) is 22.9 Å². The van der Waals surface area contributed by atoms with E-state index in [1.807, 2.05) is 36.4 Å². The normalized spacial score (nSPS) is 17.1. The van der Waals surface area contributed by atoms with Gasteiger partial charge >= 0.3 is 0 Å². The smallest absolute Gasteiger partial charge is 0.135 e. The molecule has 1 aliphatic heterocycles. The van der Waals surface area contributed by atoms with Crippen molar-refractivity contribution in [3.05, 3.63) is 59.1 Å². The largest absolute Gasteiger partial charge is 0.491 e. The average molecular weight is 399 g/mol. The van der Waals surface area contributed by atoms with Gasteiger partial charge in [-0.05, 0) is 49.7 Å². The van der Waals surface area contributed by atoms with E-state index in [1.165, 1.54) is 4.70 Å². The van der Waals surface area contributed by atoms with Crippen molar-refractivity contribution < 1.29 is 14.6 Å². The first-order valence-electron chi connectivity index (χ1n) is 9.76. The molecule has 1 N–H and O–H groups in total. The predicted molar refractivity (Wildman–Crippen MR) is 112 cm³/mol. The number of piperidine rings is 1. The summed E-state index contributed by atoms with van der Waals surface area (Å²) >= 11 is 1.69. The van der Waals surface area contributed by atoms with Crippen molar-refractivity contribution in [3.63, 3.8) is 0 Å². The number of benzene rings is 2. The van der Waals surface area contributed by atoms with Crippen LogP contribution < -0.4 is 4.74 Å². The Labute approximate surface area is 169 Å². The van der Waals surface area contributed by atoms with Crippen LogP contribution in [0.5, 0.6) is 5.75 Å². The lowest BCUT2D eigenvalue weighted by atomic mass is 10.1. The molecule has 1 unspecified atom stereocenters. The van der Waals surface area contributed by atoms with Gasteiger partial charge in [-0.25, -0.2) is 4.98 Å². The van der Waals surface area contributed by atoms with E-state index in [0.717, 1.165) is 47.8 Å². The van der Waals surface area contributed by atoms with Gasteiger partial charge in [-0.15, -0.1) is 11.3 Å². The summed E-state index contributed by atoms with van der Waals surface area (Å²) in [5.74, 6) is 0.740. The van der Waals surface area contributed by atoms with Crippen LogP contribution in [0.4, 0.5) is 0 Å². The second kappa shape index (κ2) is 9.01. The lowest BCUT2D eigenvalue weighted by molar-refractivity contribution is -0.0235. The number of aromatic nitrogens is 1. The van der Waals surface area contributed by atoms with Gasteiger partial charge in [0.15, 0.2) is 0 Å². The Kier molecular flexibility index (Phi) is 6.22. The molecule has 1 aliphatic rings. The number of rotatable bonds is 7. The standard InChI is InChI=1S/C22H26N2O3S/c1-24-11-9-17(10-12-24)27-21(16-5-4-6-18(15-16)26-14-13-25)22-23-19-7-2-3-8-20(19)28-22/h2-8,15,17,21,25H,9-14H2,1H3. The van der Waals surface area contributed by atoms with Crippen LogP contribution in [0.15, 0.2) is 48.5 Å². The number of hydrogen-bond acceptors (Lipinski definition) is 6. The molecule has 6 heteroatoms. The maximum atomic E-state index is 9.04. The highest BCUT2D eigenvalue weighted by Crippen LogP contribution is 2.36. The van der Waals surface area contributed by atoms with E-state index in [1.54, 1.807) is 11.3 Å². The highest BCUT2D eigenvalue weighted by atomic mass is 32.1. The first-order chi connectivity index (χ1) is 13.7. The lowest BCUT2D eigenvalue weighted by Gasteiger charge is -2.31. The molecule has 1 aromatic heterocycles. The van der Waals surface area contributed by atoms with Gasteiger partial charge < -0.3 is 19.5 Å². The van der Waals surface area contributed by atoms with Crippen LogP contribution in [0, 0.1) is 0 Å². The van der Waals surface area contributed by atoms with Gasteiger partial charge in [0, 0.05) is 13.1 Å². The zero-order valence-electron chi connectivity index (χ0n) is 16.1. The first kappa shape index (κ1) is 19.3. The molecule has 0 amide bonds. The zero-order chi connectivity index (χ0) is 19.3. The number of hydrogen-bond donors (Lipinski definition) is 1. The molecule has 0 radical (unpaired) electrons. The fourth-order valence-corrected chi connectivity index (χ4v) is 4.56. The van der Waals surface area contributed by atoms with E-state index in [9.17, 15) is 0 Å². The fraction of sp³-hybridized carbons (Fsp3) is 0.409. The van der Waals surface area contributed by atoms with Crippen LogP contribution in [0.25, 0.3) is 10.2 Å². The number of ether oxygens (including phenoxy) is 2. The Morgan fingerprint density at radius 2 is 2.00 bits per heavy atom. The van der Waals surface area contributed by atoms with Gasteiger partial charge in [-0.2, -0.15) is 0 Å². The molecule has 28 heavy (non-hydrogen) atoms. The highest BCUT2D eigenvalue weighted by Gasteiger charge is 2.26. The molecule has 0 saturated carbocycles. The van der Waals surface area contributed by atoms with E-state index in [4.69, 9.17) is 19.6 Å². The fourth-order valence-electron chi connectivity index (χ4n) is 3.53. The molecule has 1 fully saturated rings. The van der Waals surface area contributed by atoms with Crippen molar-refractivity contribution in [2.75, 3.05) is 33.4 Å². The second-order valence-corrected chi connectivity index (χ2v) is 8.25. The monoisotopic (exact) mass is 398 g/mol. The number of aliphatic hydroxyl groups excluding tert-OH is 1. The van der Waals surface area contributed by atoms with Crippen LogP contribution in [0.3, 0.4) is 0 Å². The Balaban J connectivity index is 1.64. The van der Waals surface area contributed by atoms with Crippen LogP contribution in [-0.2, 0) is 4.74 Å². The lowest BCUT2D eigenvalue weighted by Crippen LogP contribution is -2.35. The third-order valence-electron chi connectivity index (χ3n) is 5.05. The van der Waals surface area contributed by atoms with Crippen LogP contribution in [0.1, 0.15) is 29.5 Å². The zero-order valence-corrected chi connectivity index (χ0v) is 16.9. The van der Waals surface area contributed by atoms with Gasteiger partial charge in [0.1, 0.15) is 23.5 Å². The molecule has 1 atom stereocenters. The van der Waals surface area contributed by atoms with Crippen molar-refractivity contribution in [1.82, 2.24) is 9.88 Å². The molecule has 0 aliphatic carbocycles. The van der Waals surface area contributed by atoms with E-state index in [0.29, 0.717) is 0 Å². The number of aliphatic hydroxyl groups is 1. The summed E-state index contributed by atoms with van der Waals surface area (Å²) in [6.07, 6.45) is 2.05. The Morgan fingerprint density at radius 3 is 2.79 bits per heavy atom. The third-order valence-corrected chi connectivity index (χ3v) is 6.13. The molecule has 2 aromatic carbocycles. The minimum absolute atomic E-state index is 0.00236. The van der Waals surface area contributed by atoms with Crippen molar-refractivity contribution in [1.29, 1.82) is 0 Å². The molecule has 0 bridgehead atoms. The number of fused-ring (bicyclic) bond motifs is 1. The summed E-state index contributed by atoms with van der Waals surface area (Å²) in [5, 5.41) is 10.0. The first-order valence-corrected chi connectivity index (χ1v) is 10.6. The van der Waals surface area contributed by atoms with Gasteiger partial charge in [0.2, 0.25) is 0 Å². The number of nitrogens with zero attached hydrogens (tertiary/aromatic N) is 2. The van der Waals surface area contributed by atoms with Crippen molar-refractivity contribution >= 4 is 21.6 Å². The topological polar surface area (TPSA) is 54.8 Å². The Hall–Kier alpha value is -1.99. The SMILES string of the molecule is CN1CCC(OC(c2cccc(OCCO)c2)c2nc3ccccc3s2)CC1. The van der Waals surface area contributed by atoms with Crippen LogP contribution in [0.2, 0.25) is 0 Å². The molecule has 1 saturated heterocycles. The minimum atomic E-state index is -0.219. The highest BCUT2D eigenvalue weighted by molar-refractivity contribution is 7.18. The van der Waals surface area contributed by atoms with E-state index < -0.39 is 0 Å². The molecule has 5 nitrogen and oxygen atoms in total. The summed E-state index contributed by atoms with van der Waals surface area (Å²) < 4.78 is 13.4. The van der Waals surface area contributed by atoms with Gasteiger partial charge in [-0.3, -0.25) is 0 Å². The van der Waals surface area contributed by atoms with Gasteiger partial charge in [0.25, 0.3) is 0 Å². The maximum absolute atomic E-state index is 9.04. The molecule has 4 rings (SSSR count). The average Bonchev–Trinajstić information content (AvgIpc) is 3.16. The van der Waals surface area contributed by atoms with Gasteiger partial charge in [-0.1, -0.05) is 24.3 Å². The minimum Gasteiger partial charge on any atom is -0.491 e.